The van der Waals surface area contributed by atoms with E-state index in [9.17, 15) is 0 Å². The van der Waals surface area contributed by atoms with Crippen LogP contribution in [0.3, 0.4) is 0 Å². The summed E-state index contributed by atoms with van der Waals surface area (Å²) in [4.78, 5) is 3.76. The topological polar surface area (TPSA) is 15.3 Å². The summed E-state index contributed by atoms with van der Waals surface area (Å²) >= 11 is 5.27. The SMILES string of the molecule is CCN(CC)Cc1cccc(NCc2ccc(Br)s2)c1. The molecule has 4 heteroatoms. The number of anilines is 1. The number of benzene rings is 1. The van der Waals surface area contributed by atoms with Crippen molar-refractivity contribution in [2.24, 2.45) is 0 Å². The zero-order valence-electron chi connectivity index (χ0n) is 12.0. The number of hydrogen-bond donors (Lipinski definition) is 1. The van der Waals surface area contributed by atoms with Gasteiger partial charge in [0.1, 0.15) is 0 Å². The molecule has 0 saturated heterocycles. The first kappa shape index (κ1) is 15.5. The molecule has 1 aromatic carbocycles. The second-order valence-electron chi connectivity index (χ2n) is 4.72. The molecule has 0 bridgehead atoms. The molecule has 2 aromatic rings. The second kappa shape index (κ2) is 7.81. The summed E-state index contributed by atoms with van der Waals surface area (Å²) in [6.07, 6.45) is 0. The normalized spacial score (nSPS) is 11.0. The summed E-state index contributed by atoms with van der Waals surface area (Å²) in [6, 6.07) is 13.0. The minimum Gasteiger partial charge on any atom is -0.380 e. The van der Waals surface area contributed by atoms with Crippen molar-refractivity contribution in [3.63, 3.8) is 0 Å². The lowest BCUT2D eigenvalue weighted by Gasteiger charge is -2.18. The molecule has 0 spiro atoms. The Morgan fingerprint density at radius 1 is 1.15 bits per heavy atom. The van der Waals surface area contributed by atoms with Gasteiger partial charge in [0, 0.05) is 23.7 Å². The highest BCUT2D eigenvalue weighted by Gasteiger charge is 2.02. The van der Waals surface area contributed by atoms with Gasteiger partial charge in [0.2, 0.25) is 0 Å². The van der Waals surface area contributed by atoms with Crippen LogP contribution < -0.4 is 5.32 Å². The number of nitrogens with one attached hydrogen (secondary N) is 1. The molecule has 0 radical (unpaired) electrons. The summed E-state index contributed by atoms with van der Waals surface area (Å²) in [7, 11) is 0. The van der Waals surface area contributed by atoms with Crippen molar-refractivity contribution in [3.05, 3.63) is 50.6 Å². The van der Waals surface area contributed by atoms with Crippen LogP contribution in [0.4, 0.5) is 5.69 Å². The summed E-state index contributed by atoms with van der Waals surface area (Å²) in [6.45, 7) is 8.51. The second-order valence-corrected chi connectivity index (χ2v) is 7.27. The largest absolute Gasteiger partial charge is 0.380 e. The van der Waals surface area contributed by atoms with Gasteiger partial charge in [-0.3, -0.25) is 4.90 Å². The predicted octanol–water partition coefficient (Wildman–Crippen LogP) is 4.96. The van der Waals surface area contributed by atoms with Gasteiger partial charge < -0.3 is 5.32 Å². The number of hydrogen-bond acceptors (Lipinski definition) is 3. The van der Waals surface area contributed by atoms with Crippen LogP contribution in [0.2, 0.25) is 0 Å². The van der Waals surface area contributed by atoms with Crippen molar-refractivity contribution >= 4 is 33.0 Å². The lowest BCUT2D eigenvalue weighted by Crippen LogP contribution is -2.22. The van der Waals surface area contributed by atoms with E-state index in [1.54, 1.807) is 11.3 Å². The van der Waals surface area contributed by atoms with Crippen molar-refractivity contribution in [3.8, 4) is 0 Å². The molecule has 0 fully saturated rings. The molecule has 0 aliphatic heterocycles. The molecular weight excluding hydrogens is 332 g/mol. The fourth-order valence-electron chi connectivity index (χ4n) is 2.12. The molecule has 108 valence electrons. The number of rotatable bonds is 7. The minimum absolute atomic E-state index is 0.880. The van der Waals surface area contributed by atoms with Crippen LogP contribution in [-0.2, 0) is 13.1 Å². The van der Waals surface area contributed by atoms with Crippen molar-refractivity contribution in [1.82, 2.24) is 4.90 Å². The van der Waals surface area contributed by atoms with E-state index in [0.717, 1.165) is 26.2 Å². The monoisotopic (exact) mass is 352 g/mol. The first-order valence-electron chi connectivity index (χ1n) is 7.00. The average Bonchev–Trinajstić information content (AvgIpc) is 2.89. The Morgan fingerprint density at radius 2 is 1.95 bits per heavy atom. The summed E-state index contributed by atoms with van der Waals surface area (Å²) in [5, 5.41) is 3.50. The van der Waals surface area contributed by atoms with Crippen LogP contribution in [0.1, 0.15) is 24.3 Å². The van der Waals surface area contributed by atoms with Gasteiger partial charge in [0.05, 0.1) is 3.79 Å². The molecule has 20 heavy (non-hydrogen) atoms. The minimum atomic E-state index is 0.880. The Kier molecular flexibility index (Phi) is 6.07. The molecule has 0 atom stereocenters. The molecule has 2 nitrogen and oxygen atoms in total. The molecule has 0 saturated carbocycles. The Bertz CT molecular complexity index is 535. The number of halogens is 1. The third kappa shape index (κ3) is 4.62. The zero-order chi connectivity index (χ0) is 14.4. The van der Waals surface area contributed by atoms with E-state index in [1.165, 1.54) is 19.9 Å². The number of thiophene rings is 1. The van der Waals surface area contributed by atoms with Gasteiger partial charge in [-0.05, 0) is 58.8 Å². The first-order chi connectivity index (χ1) is 9.71. The van der Waals surface area contributed by atoms with Crippen LogP contribution in [0.25, 0.3) is 0 Å². The van der Waals surface area contributed by atoms with E-state index in [-0.39, 0.29) is 0 Å². The van der Waals surface area contributed by atoms with Gasteiger partial charge in [-0.25, -0.2) is 0 Å². The standard InChI is InChI=1S/C16H21BrN2S/c1-3-19(4-2)12-13-6-5-7-14(10-13)18-11-15-8-9-16(17)20-15/h5-10,18H,3-4,11-12H2,1-2H3. The molecular formula is C16H21BrN2S. The first-order valence-corrected chi connectivity index (χ1v) is 8.61. The van der Waals surface area contributed by atoms with Crippen molar-refractivity contribution < 1.29 is 0 Å². The lowest BCUT2D eigenvalue weighted by molar-refractivity contribution is 0.296. The fourth-order valence-corrected chi connectivity index (χ4v) is 3.54. The Balaban J connectivity index is 1.95. The van der Waals surface area contributed by atoms with Gasteiger partial charge in [-0.15, -0.1) is 11.3 Å². The van der Waals surface area contributed by atoms with E-state index in [1.807, 2.05) is 0 Å². The summed E-state index contributed by atoms with van der Waals surface area (Å²) in [5.74, 6) is 0. The van der Waals surface area contributed by atoms with Crippen molar-refractivity contribution in [1.29, 1.82) is 0 Å². The Hall–Kier alpha value is -0.840. The molecule has 0 amide bonds. The van der Waals surface area contributed by atoms with E-state index in [2.05, 4.69) is 76.4 Å². The third-order valence-electron chi connectivity index (χ3n) is 3.32. The highest BCUT2D eigenvalue weighted by atomic mass is 79.9. The maximum Gasteiger partial charge on any atom is 0.0702 e. The van der Waals surface area contributed by atoms with Crippen LogP contribution in [0, 0.1) is 0 Å². The van der Waals surface area contributed by atoms with Crippen LogP contribution in [0.5, 0.6) is 0 Å². The molecule has 1 aromatic heterocycles. The number of nitrogens with zero attached hydrogens (tertiary/aromatic N) is 1. The van der Waals surface area contributed by atoms with Crippen LogP contribution in [-0.4, -0.2) is 18.0 Å². The van der Waals surface area contributed by atoms with E-state index in [4.69, 9.17) is 0 Å². The quantitative estimate of drug-likeness (QED) is 0.756. The van der Waals surface area contributed by atoms with Gasteiger partial charge in [-0.2, -0.15) is 0 Å². The Labute approximate surface area is 133 Å². The van der Waals surface area contributed by atoms with E-state index in [0.29, 0.717) is 0 Å². The maximum absolute atomic E-state index is 3.50. The zero-order valence-corrected chi connectivity index (χ0v) is 14.4. The smallest absolute Gasteiger partial charge is 0.0702 e. The maximum atomic E-state index is 3.50. The van der Waals surface area contributed by atoms with Gasteiger partial charge >= 0.3 is 0 Å². The molecule has 0 aliphatic carbocycles. The van der Waals surface area contributed by atoms with Crippen molar-refractivity contribution in [2.45, 2.75) is 26.9 Å². The molecule has 0 unspecified atom stereocenters. The Morgan fingerprint density at radius 3 is 2.60 bits per heavy atom. The van der Waals surface area contributed by atoms with E-state index >= 15 is 0 Å². The summed E-state index contributed by atoms with van der Waals surface area (Å²) in [5.41, 5.74) is 2.56. The third-order valence-corrected chi connectivity index (χ3v) is 4.95. The fraction of sp³-hybridized carbons (Fsp3) is 0.375. The van der Waals surface area contributed by atoms with Gasteiger partial charge in [0.25, 0.3) is 0 Å². The van der Waals surface area contributed by atoms with Crippen LogP contribution >= 0.6 is 27.3 Å². The van der Waals surface area contributed by atoms with E-state index < -0.39 is 0 Å². The molecule has 2 rings (SSSR count). The highest BCUT2D eigenvalue weighted by Crippen LogP contribution is 2.23. The van der Waals surface area contributed by atoms with Crippen LogP contribution in [0.15, 0.2) is 40.2 Å². The average molecular weight is 353 g/mol. The van der Waals surface area contributed by atoms with Gasteiger partial charge in [0.15, 0.2) is 0 Å². The predicted molar refractivity (Wildman–Crippen MR) is 92.4 cm³/mol. The summed E-state index contributed by atoms with van der Waals surface area (Å²) < 4.78 is 1.18. The molecule has 1 heterocycles. The highest BCUT2D eigenvalue weighted by molar-refractivity contribution is 9.11. The van der Waals surface area contributed by atoms with Crippen molar-refractivity contribution in [2.75, 3.05) is 18.4 Å². The lowest BCUT2D eigenvalue weighted by atomic mass is 10.2. The molecule has 1 N–H and O–H groups in total. The van der Waals surface area contributed by atoms with Gasteiger partial charge in [-0.1, -0.05) is 26.0 Å². The molecule has 0 aliphatic rings.